The maximum atomic E-state index is 11.3. The number of aryl methyl sites for hydroxylation is 2. The van der Waals surface area contributed by atoms with Gasteiger partial charge in [-0.15, -0.1) is 0 Å². The summed E-state index contributed by atoms with van der Waals surface area (Å²) < 4.78 is 0. The van der Waals surface area contributed by atoms with Crippen molar-refractivity contribution in [3.05, 3.63) is 106 Å². The van der Waals surface area contributed by atoms with E-state index in [2.05, 4.69) is 64.1 Å². The number of benzene rings is 4. The van der Waals surface area contributed by atoms with Crippen molar-refractivity contribution in [2.45, 2.75) is 47.0 Å². The molecular weight excluding hydrogens is 404 g/mol. The van der Waals surface area contributed by atoms with Gasteiger partial charge in [0.05, 0.1) is 0 Å². The van der Waals surface area contributed by atoms with Gasteiger partial charge in [0.25, 0.3) is 0 Å². The summed E-state index contributed by atoms with van der Waals surface area (Å²) in [6, 6.07) is 24.6. The van der Waals surface area contributed by atoms with Crippen LogP contribution in [-0.2, 0) is 5.41 Å². The molecule has 0 aliphatic carbocycles. The highest BCUT2D eigenvalue weighted by Gasteiger charge is 2.31. The van der Waals surface area contributed by atoms with Gasteiger partial charge in [-0.3, -0.25) is 0 Å². The SMILES string of the molecule is Cc1ccccc1-c1ccc(C(C)(C)c2ccc(-c3ccccc3C)c(C)c2O)c(O)c1C. The number of aromatic hydroxyl groups is 2. The topological polar surface area (TPSA) is 40.5 Å². The summed E-state index contributed by atoms with van der Waals surface area (Å²) in [4.78, 5) is 0. The lowest BCUT2D eigenvalue weighted by molar-refractivity contribution is 0.432. The van der Waals surface area contributed by atoms with Crippen LogP contribution in [-0.4, -0.2) is 10.2 Å². The van der Waals surface area contributed by atoms with Crippen LogP contribution in [0.25, 0.3) is 22.3 Å². The fourth-order valence-corrected chi connectivity index (χ4v) is 4.89. The van der Waals surface area contributed by atoms with Crippen molar-refractivity contribution in [1.29, 1.82) is 0 Å². The van der Waals surface area contributed by atoms with E-state index in [1.807, 2.05) is 50.2 Å². The second kappa shape index (κ2) is 8.44. The molecule has 4 aromatic rings. The quantitative estimate of drug-likeness (QED) is 0.340. The summed E-state index contributed by atoms with van der Waals surface area (Å²) in [5.41, 5.74) is 9.36. The van der Waals surface area contributed by atoms with Crippen LogP contribution in [0.15, 0.2) is 72.8 Å². The van der Waals surface area contributed by atoms with Crippen molar-refractivity contribution >= 4 is 0 Å². The van der Waals surface area contributed by atoms with Gasteiger partial charge < -0.3 is 10.2 Å². The maximum Gasteiger partial charge on any atom is 0.123 e. The Morgan fingerprint density at radius 1 is 0.485 bits per heavy atom. The lowest BCUT2D eigenvalue weighted by atomic mass is 9.74. The molecule has 2 heteroatoms. The van der Waals surface area contributed by atoms with E-state index in [1.54, 1.807) is 0 Å². The van der Waals surface area contributed by atoms with Gasteiger partial charge in [-0.25, -0.2) is 0 Å². The Labute approximate surface area is 197 Å². The Morgan fingerprint density at radius 3 is 1.21 bits per heavy atom. The zero-order valence-electron chi connectivity index (χ0n) is 20.3. The Balaban J connectivity index is 1.82. The van der Waals surface area contributed by atoms with Gasteiger partial charge in [-0.05, 0) is 72.2 Å². The molecule has 0 aliphatic rings. The van der Waals surface area contributed by atoms with E-state index in [0.29, 0.717) is 0 Å². The predicted molar refractivity (Wildman–Crippen MR) is 138 cm³/mol. The molecule has 0 atom stereocenters. The molecule has 0 aromatic heterocycles. The summed E-state index contributed by atoms with van der Waals surface area (Å²) in [6.07, 6.45) is 0. The van der Waals surface area contributed by atoms with E-state index in [-0.39, 0.29) is 11.5 Å². The largest absolute Gasteiger partial charge is 0.507 e. The van der Waals surface area contributed by atoms with Crippen LogP contribution in [0, 0.1) is 27.7 Å². The number of hydrogen-bond acceptors (Lipinski definition) is 2. The number of phenols is 2. The average Bonchev–Trinajstić information content (AvgIpc) is 2.78. The lowest BCUT2D eigenvalue weighted by Gasteiger charge is -2.30. The van der Waals surface area contributed by atoms with Crippen LogP contribution in [0.2, 0.25) is 0 Å². The minimum absolute atomic E-state index is 0.279. The number of rotatable bonds is 4. The van der Waals surface area contributed by atoms with E-state index in [4.69, 9.17) is 0 Å². The Kier molecular flexibility index (Phi) is 5.80. The average molecular weight is 437 g/mol. The van der Waals surface area contributed by atoms with Crippen molar-refractivity contribution in [3.8, 4) is 33.8 Å². The van der Waals surface area contributed by atoms with Gasteiger partial charge in [-0.2, -0.15) is 0 Å². The first-order valence-electron chi connectivity index (χ1n) is 11.4. The predicted octanol–water partition coefficient (Wildman–Crippen LogP) is 7.99. The number of phenolic OH excluding ortho intramolecular Hbond substituents is 2. The van der Waals surface area contributed by atoms with Crippen molar-refractivity contribution < 1.29 is 10.2 Å². The third-order valence-corrected chi connectivity index (χ3v) is 7.08. The molecule has 4 rings (SSSR count). The molecule has 0 radical (unpaired) electrons. The molecule has 4 aromatic carbocycles. The van der Waals surface area contributed by atoms with Gasteiger partial charge in [0.2, 0.25) is 0 Å². The second-order valence-corrected chi connectivity index (χ2v) is 9.52. The van der Waals surface area contributed by atoms with E-state index >= 15 is 0 Å². The maximum absolute atomic E-state index is 11.3. The number of hydrogen-bond donors (Lipinski definition) is 2. The van der Waals surface area contributed by atoms with Gasteiger partial charge in [0, 0.05) is 16.5 Å². The van der Waals surface area contributed by atoms with E-state index in [1.165, 1.54) is 11.1 Å². The van der Waals surface area contributed by atoms with Gasteiger partial charge in [0.15, 0.2) is 0 Å². The summed E-state index contributed by atoms with van der Waals surface area (Å²) in [5.74, 6) is 0.557. The Hall–Kier alpha value is -3.52. The monoisotopic (exact) mass is 436 g/mol. The first kappa shape index (κ1) is 22.7. The molecule has 0 heterocycles. The summed E-state index contributed by atoms with van der Waals surface area (Å²) in [7, 11) is 0. The van der Waals surface area contributed by atoms with Crippen LogP contribution < -0.4 is 0 Å². The highest BCUT2D eigenvalue weighted by molar-refractivity contribution is 5.76. The Morgan fingerprint density at radius 2 is 0.848 bits per heavy atom. The van der Waals surface area contributed by atoms with E-state index < -0.39 is 5.41 Å². The molecule has 0 fully saturated rings. The van der Waals surface area contributed by atoms with Crippen molar-refractivity contribution in [2.24, 2.45) is 0 Å². The molecule has 2 N–H and O–H groups in total. The van der Waals surface area contributed by atoms with E-state index in [9.17, 15) is 10.2 Å². The molecule has 0 amide bonds. The first-order chi connectivity index (χ1) is 15.6. The van der Waals surface area contributed by atoms with Crippen LogP contribution in [0.4, 0.5) is 0 Å². The third-order valence-electron chi connectivity index (χ3n) is 7.08. The molecule has 0 saturated heterocycles. The normalized spacial score (nSPS) is 11.6. The molecule has 0 unspecified atom stereocenters. The minimum Gasteiger partial charge on any atom is -0.507 e. The fourth-order valence-electron chi connectivity index (χ4n) is 4.89. The van der Waals surface area contributed by atoms with Crippen molar-refractivity contribution in [2.75, 3.05) is 0 Å². The highest BCUT2D eigenvalue weighted by Crippen LogP contribution is 2.46. The molecule has 0 spiro atoms. The lowest BCUT2D eigenvalue weighted by Crippen LogP contribution is -2.20. The first-order valence-corrected chi connectivity index (χ1v) is 11.4. The summed E-state index contributed by atoms with van der Waals surface area (Å²) in [5, 5.41) is 22.6. The van der Waals surface area contributed by atoms with Gasteiger partial charge in [-0.1, -0.05) is 86.6 Å². The van der Waals surface area contributed by atoms with Crippen molar-refractivity contribution in [1.82, 2.24) is 0 Å². The molecule has 0 saturated carbocycles. The zero-order chi connectivity index (χ0) is 23.9. The minimum atomic E-state index is -0.585. The molecular formula is C31H32O2. The van der Waals surface area contributed by atoms with Crippen molar-refractivity contribution in [3.63, 3.8) is 0 Å². The molecule has 0 bridgehead atoms. The third kappa shape index (κ3) is 3.80. The van der Waals surface area contributed by atoms with Gasteiger partial charge >= 0.3 is 0 Å². The standard InChI is InChI=1S/C31H32O2/c1-19-11-7-9-13-23(19)25-15-17-27(29(32)21(25)3)31(5,6)28-18-16-26(22(4)30(28)33)24-14-10-8-12-20(24)2/h7-18,32-33H,1-6H3. The smallest absolute Gasteiger partial charge is 0.123 e. The highest BCUT2D eigenvalue weighted by atomic mass is 16.3. The second-order valence-electron chi connectivity index (χ2n) is 9.52. The summed E-state index contributed by atoms with van der Waals surface area (Å²) in [6.45, 7) is 12.2. The van der Waals surface area contributed by atoms with Crippen LogP contribution >= 0.6 is 0 Å². The van der Waals surface area contributed by atoms with Crippen LogP contribution in [0.1, 0.15) is 47.2 Å². The Bertz CT molecular complexity index is 1240. The van der Waals surface area contributed by atoms with Gasteiger partial charge in [0.1, 0.15) is 11.5 Å². The van der Waals surface area contributed by atoms with E-state index in [0.717, 1.165) is 44.5 Å². The zero-order valence-corrected chi connectivity index (χ0v) is 20.3. The van der Waals surface area contributed by atoms with Crippen LogP contribution in [0.3, 0.4) is 0 Å². The van der Waals surface area contributed by atoms with Crippen LogP contribution in [0.5, 0.6) is 11.5 Å². The molecule has 33 heavy (non-hydrogen) atoms. The molecule has 0 aliphatic heterocycles. The molecule has 168 valence electrons. The molecule has 2 nitrogen and oxygen atoms in total. The summed E-state index contributed by atoms with van der Waals surface area (Å²) >= 11 is 0. The fraction of sp³-hybridized carbons (Fsp3) is 0.226.